The van der Waals surface area contributed by atoms with E-state index in [-0.39, 0.29) is 5.91 Å². The fourth-order valence-corrected chi connectivity index (χ4v) is 2.46. The van der Waals surface area contributed by atoms with E-state index in [1.807, 2.05) is 31.2 Å². The molecular formula is C20H27NO3. The third-order valence-corrected chi connectivity index (χ3v) is 3.84. The van der Waals surface area contributed by atoms with Gasteiger partial charge < -0.3 is 14.5 Å². The van der Waals surface area contributed by atoms with Gasteiger partial charge in [0, 0.05) is 5.69 Å². The van der Waals surface area contributed by atoms with Crippen LogP contribution in [-0.4, -0.2) is 12.5 Å². The molecule has 1 amide bonds. The molecule has 0 saturated carbocycles. The lowest BCUT2D eigenvalue weighted by molar-refractivity contribution is 0.0995. The molecule has 2 aromatic rings. The Balaban J connectivity index is 1.70. The Bertz CT molecular complexity index is 616. The van der Waals surface area contributed by atoms with Gasteiger partial charge in [0.15, 0.2) is 5.76 Å². The van der Waals surface area contributed by atoms with E-state index in [2.05, 4.69) is 12.2 Å². The zero-order valence-electron chi connectivity index (χ0n) is 14.6. The Labute approximate surface area is 144 Å². The topological polar surface area (TPSA) is 51.5 Å². The molecule has 2 rings (SSSR count). The summed E-state index contributed by atoms with van der Waals surface area (Å²) in [4.78, 5) is 12.0. The average molecular weight is 329 g/mol. The van der Waals surface area contributed by atoms with Crippen LogP contribution in [-0.2, 0) is 0 Å². The van der Waals surface area contributed by atoms with Crippen LogP contribution < -0.4 is 10.1 Å². The number of unbranched alkanes of at least 4 members (excludes halogenated alkanes) is 5. The van der Waals surface area contributed by atoms with E-state index in [4.69, 9.17) is 9.15 Å². The summed E-state index contributed by atoms with van der Waals surface area (Å²) in [5.74, 6) is 1.62. The van der Waals surface area contributed by atoms with Gasteiger partial charge in [-0.3, -0.25) is 4.79 Å². The lowest BCUT2D eigenvalue weighted by atomic mass is 10.1. The molecule has 1 aromatic heterocycles. The summed E-state index contributed by atoms with van der Waals surface area (Å²) in [7, 11) is 0. The second-order valence-electron chi connectivity index (χ2n) is 6.01. The molecule has 4 heteroatoms. The molecule has 24 heavy (non-hydrogen) atoms. The summed E-state index contributed by atoms with van der Waals surface area (Å²) in [5, 5.41) is 2.81. The number of carbonyl (C=O) groups excluding carboxylic acids is 1. The molecule has 1 heterocycles. The molecule has 0 aliphatic rings. The highest BCUT2D eigenvalue weighted by atomic mass is 16.5. The number of nitrogens with one attached hydrogen (secondary N) is 1. The summed E-state index contributed by atoms with van der Waals surface area (Å²) in [6.45, 7) is 4.78. The van der Waals surface area contributed by atoms with Crippen LogP contribution in [0.4, 0.5) is 5.69 Å². The molecule has 130 valence electrons. The molecule has 0 unspecified atom stereocenters. The van der Waals surface area contributed by atoms with Crippen LogP contribution in [0.5, 0.6) is 5.75 Å². The number of hydrogen-bond acceptors (Lipinski definition) is 3. The minimum atomic E-state index is -0.246. The van der Waals surface area contributed by atoms with Crippen LogP contribution in [0.1, 0.15) is 61.8 Å². The summed E-state index contributed by atoms with van der Waals surface area (Å²) in [6.07, 6.45) is 7.51. The first kappa shape index (κ1) is 18.1. The molecule has 0 fully saturated rings. The maximum atomic E-state index is 12.0. The number of ether oxygens (including phenoxy) is 1. The molecule has 1 aromatic carbocycles. The summed E-state index contributed by atoms with van der Waals surface area (Å²) in [6, 6.07) is 10.9. The summed E-state index contributed by atoms with van der Waals surface area (Å²) in [5.41, 5.74) is 0.723. The normalized spacial score (nSPS) is 10.6. The Morgan fingerprint density at radius 1 is 1.00 bits per heavy atom. The van der Waals surface area contributed by atoms with E-state index in [1.54, 1.807) is 12.1 Å². The van der Waals surface area contributed by atoms with Crippen molar-refractivity contribution in [3.8, 4) is 5.75 Å². The monoisotopic (exact) mass is 329 g/mol. The van der Waals surface area contributed by atoms with Crippen molar-refractivity contribution in [3.63, 3.8) is 0 Å². The van der Waals surface area contributed by atoms with Gasteiger partial charge in [-0.2, -0.15) is 0 Å². The minimum absolute atomic E-state index is 0.246. The Morgan fingerprint density at radius 2 is 1.71 bits per heavy atom. The number of benzene rings is 1. The van der Waals surface area contributed by atoms with Gasteiger partial charge in [0.1, 0.15) is 11.5 Å². The second-order valence-corrected chi connectivity index (χ2v) is 6.01. The number of hydrogen-bond donors (Lipinski definition) is 1. The maximum absolute atomic E-state index is 12.0. The largest absolute Gasteiger partial charge is 0.494 e. The lowest BCUT2D eigenvalue weighted by Gasteiger charge is -2.08. The van der Waals surface area contributed by atoms with E-state index >= 15 is 0 Å². The lowest BCUT2D eigenvalue weighted by Crippen LogP contribution is -2.10. The number of carbonyl (C=O) groups is 1. The predicted octanol–water partition coefficient (Wildman–Crippen LogP) is 5.58. The van der Waals surface area contributed by atoms with Crippen LogP contribution in [0.15, 0.2) is 40.8 Å². The Hall–Kier alpha value is -2.23. The van der Waals surface area contributed by atoms with Gasteiger partial charge in [-0.1, -0.05) is 39.0 Å². The highest BCUT2D eigenvalue weighted by Gasteiger charge is 2.10. The van der Waals surface area contributed by atoms with E-state index in [9.17, 15) is 4.79 Å². The molecular weight excluding hydrogens is 302 g/mol. The summed E-state index contributed by atoms with van der Waals surface area (Å²) < 4.78 is 11.0. The predicted molar refractivity (Wildman–Crippen MR) is 96.7 cm³/mol. The van der Waals surface area contributed by atoms with Gasteiger partial charge in [0.25, 0.3) is 5.91 Å². The van der Waals surface area contributed by atoms with Crippen LogP contribution >= 0.6 is 0 Å². The number of furan rings is 1. The summed E-state index contributed by atoms with van der Waals surface area (Å²) >= 11 is 0. The highest BCUT2D eigenvalue weighted by Crippen LogP contribution is 2.17. The van der Waals surface area contributed by atoms with Crippen molar-refractivity contribution in [1.29, 1.82) is 0 Å². The van der Waals surface area contributed by atoms with Crippen LogP contribution in [0.25, 0.3) is 0 Å². The quantitative estimate of drug-likeness (QED) is 0.579. The average Bonchev–Trinajstić information content (AvgIpc) is 3.02. The van der Waals surface area contributed by atoms with Crippen LogP contribution in [0, 0.1) is 6.92 Å². The first-order valence-corrected chi connectivity index (χ1v) is 8.79. The van der Waals surface area contributed by atoms with Gasteiger partial charge in [-0.15, -0.1) is 0 Å². The highest BCUT2D eigenvalue weighted by molar-refractivity contribution is 6.02. The SMILES string of the molecule is CCCCCCCCOc1ccc(NC(=O)c2ccc(C)o2)cc1. The number of aryl methyl sites for hydroxylation is 1. The molecule has 0 atom stereocenters. The molecule has 4 nitrogen and oxygen atoms in total. The first-order valence-electron chi connectivity index (χ1n) is 8.79. The Kier molecular flexibility index (Phi) is 7.40. The van der Waals surface area contributed by atoms with E-state index < -0.39 is 0 Å². The van der Waals surface area contributed by atoms with E-state index in [1.165, 1.54) is 32.1 Å². The van der Waals surface area contributed by atoms with Gasteiger partial charge >= 0.3 is 0 Å². The third kappa shape index (κ3) is 6.11. The van der Waals surface area contributed by atoms with Gasteiger partial charge in [0.2, 0.25) is 0 Å². The molecule has 0 bridgehead atoms. The smallest absolute Gasteiger partial charge is 0.291 e. The van der Waals surface area contributed by atoms with Crippen LogP contribution in [0.2, 0.25) is 0 Å². The van der Waals surface area contributed by atoms with Crippen molar-refractivity contribution in [2.45, 2.75) is 52.4 Å². The van der Waals surface area contributed by atoms with Crippen molar-refractivity contribution < 1.29 is 13.9 Å². The van der Waals surface area contributed by atoms with Crippen molar-refractivity contribution >= 4 is 11.6 Å². The van der Waals surface area contributed by atoms with Crippen molar-refractivity contribution in [1.82, 2.24) is 0 Å². The van der Waals surface area contributed by atoms with Crippen LogP contribution in [0.3, 0.4) is 0 Å². The standard InChI is InChI=1S/C20H27NO3/c1-3-4-5-6-7-8-15-23-18-12-10-17(11-13-18)21-20(22)19-14-9-16(2)24-19/h9-14H,3-8,15H2,1-2H3,(H,21,22). The molecule has 1 N–H and O–H groups in total. The van der Waals surface area contributed by atoms with Crippen molar-refractivity contribution in [2.24, 2.45) is 0 Å². The van der Waals surface area contributed by atoms with Gasteiger partial charge in [-0.25, -0.2) is 0 Å². The van der Waals surface area contributed by atoms with Crippen molar-refractivity contribution in [3.05, 3.63) is 47.9 Å². The van der Waals surface area contributed by atoms with Crippen molar-refractivity contribution in [2.75, 3.05) is 11.9 Å². The number of rotatable bonds is 10. The zero-order chi connectivity index (χ0) is 17.2. The number of amides is 1. The maximum Gasteiger partial charge on any atom is 0.291 e. The van der Waals surface area contributed by atoms with Gasteiger partial charge in [0.05, 0.1) is 6.61 Å². The van der Waals surface area contributed by atoms with E-state index in [0.29, 0.717) is 5.76 Å². The molecule has 0 saturated heterocycles. The van der Waals surface area contributed by atoms with Gasteiger partial charge in [-0.05, 0) is 49.7 Å². The third-order valence-electron chi connectivity index (χ3n) is 3.84. The molecule has 0 aliphatic heterocycles. The molecule has 0 radical (unpaired) electrons. The molecule has 0 spiro atoms. The number of anilines is 1. The molecule has 0 aliphatic carbocycles. The van der Waals surface area contributed by atoms with E-state index in [0.717, 1.165) is 30.2 Å². The first-order chi connectivity index (χ1) is 11.7. The fraction of sp³-hybridized carbons (Fsp3) is 0.450. The minimum Gasteiger partial charge on any atom is -0.494 e. The zero-order valence-corrected chi connectivity index (χ0v) is 14.6. The fourth-order valence-electron chi connectivity index (χ4n) is 2.46. The second kappa shape index (κ2) is 9.81. The Morgan fingerprint density at radius 3 is 2.38 bits per heavy atom.